The number of amides is 1. The highest BCUT2D eigenvalue weighted by molar-refractivity contribution is 8.33. The van der Waals surface area contributed by atoms with Crippen molar-refractivity contribution >= 4 is 26.5 Å². The fraction of sp³-hybridized carbons (Fsp3) is 0.387. The lowest BCUT2D eigenvalue weighted by Crippen LogP contribution is -2.64. The van der Waals surface area contributed by atoms with Gasteiger partial charge < -0.3 is 5.11 Å². The second-order valence-corrected chi connectivity index (χ2v) is 16.3. The Morgan fingerprint density at radius 1 is 0.780 bits per heavy atom. The minimum atomic E-state index is -5.13. The zero-order valence-corrected chi connectivity index (χ0v) is 24.0. The Kier molecular flexibility index (Phi) is 7.15. The zero-order valence-electron chi connectivity index (χ0n) is 22.4. The largest absolute Gasteiger partial charge is 0.465 e. The molecule has 0 spiro atoms. The minimum Gasteiger partial charge on any atom is -0.465 e. The summed E-state index contributed by atoms with van der Waals surface area (Å²) >= 11 is 0. The molecule has 2 N–H and O–H groups in total. The van der Waals surface area contributed by atoms with Gasteiger partial charge in [0.2, 0.25) is 0 Å². The van der Waals surface area contributed by atoms with Gasteiger partial charge in [-0.3, -0.25) is 5.32 Å². The molecule has 0 aromatic heterocycles. The SMILES string of the molecule is O=C(O)NC(F)(F)C(C12CC3CC(CC(C3)C1)C2)S(=O)(=O)OS(c1ccccc1)(c1ccccc1)c1ccccc1. The van der Waals surface area contributed by atoms with Crippen LogP contribution in [-0.2, 0) is 13.7 Å². The van der Waals surface area contributed by atoms with Gasteiger partial charge in [-0.1, -0.05) is 54.6 Å². The Morgan fingerprint density at radius 2 is 1.15 bits per heavy atom. The van der Waals surface area contributed by atoms with E-state index in [0.717, 1.165) is 19.3 Å². The Hall–Kier alpha value is -2.95. The van der Waals surface area contributed by atoms with E-state index in [4.69, 9.17) is 3.63 Å². The molecule has 0 saturated heterocycles. The lowest BCUT2D eigenvalue weighted by molar-refractivity contribution is -0.125. The maximum absolute atomic E-state index is 16.2. The maximum Gasteiger partial charge on any atom is 0.409 e. The van der Waals surface area contributed by atoms with E-state index in [9.17, 15) is 18.3 Å². The smallest absolute Gasteiger partial charge is 0.409 e. The van der Waals surface area contributed by atoms with Gasteiger partial charge in [0, 0.05) is 14.7 Å². The third kappa shape index (κ3) is 5.04. The Balaban J connectivity index is 1.56. The molecule has 4 aliphatic carbocycles. The van der Waals surface area contributed by atoms with Crippen LogP contribution in [-0.4, -0.2) is 30.9 Å². The van der Waals surface area contributed by atoms with Crippen LogP contribution in [0.5, 0.6) is 0 Å². The van der Waals surface area contributed by atoms with Gasteiger partial charge in [0.1, 0.15) is 0 Å². The van der Waals surface area contributed by atoms with Crippen LogP contribution < -0.4 is 5.32 Å². The molecule has 41 heavy (non-hydrogen) atoms. The van der Waals surface area contributed by atoms with Crippen LogP contribution in [0.2, 0.25) is 0 Å². The van der Waals surface area contributed by atoms with E-state index >= 15 is 8.78 Å². The molecular weight excluding hydrogens is 568 g/mol. The van der Waals surface area contributed by atoms with Crippen LogP contribution in [0.15, 0.2) is 106 Å². The molecule has 1 atom stereocenters. The fourth-order valence-electron chi connectivity index (χ4n) is 8.12. The quantitative estimate of drug-likeness (QED) is 0.246. The van der Waals surface area contributed by atoms with Crippen molar-refractivity contribution in [1.29, 1.82) is 0 Å². The zero-order chi connectivity index (χ0) is 28.9. The molecule has 3 aromatic rings. The van der Waals surface area contributed by atoms with Crippen molar-refractivity contribution in [2.75, 3.05) is 0 Å². The highest BCUT2D eigenvalue weighted by Crippen LogP contribution is 2.71. The van der Waals surface area contributed by atoms with Crippen molar-refractivity contribution in [2.24, 2.45) is 23.2 Å². The van der Waals surface area contributed by atoms with Crippen LogP contribution in [0.4, 0.5) is 13.6 Å². The van der Waals surface area contributed by atoms with E-state index in [1.54, 1.807) is 91.0 Å². The van der Waals surface area contributed by atoms with Gasteiger partial charge >= 0.3 is 12.1 Å². The highest BCUT2D eigenvalue weighted by atomic mass is 32.3. The summed E-state index contributed by atoms with van der Waals surface area (Å²) in [4.78, 5) is 13.2. The van der Waals surface area contributed by atoms with Crippen molar-refractivity contribution in [2.45, 2.75) is 64.5 Å². The highest BCUT2D eigenvalue weighted by Gasteiger charge is 2.67. The first kappa shape index (κ1) is 28.2. The molecular formula is C31H33F2NO5S2. The normalized spacial score (nSPS) is 26.8. The number of hydrogen-bond donors (Lipinski definition) is 2. The molecule has 3 aromatic carbocycles. The molecule has 7 rings (SSSR count). The lowest BCUT2D eigenvalue weighted by atomic mass is 9.48. The van der Waals surface area contributed by atoms with Crippen molar-refractivity contribution in [3.63, 3.8) is 0 Å². The number of alkyl halides is 2. The van der Waals surface area contributed by atoms with Crippen molar-refractivity contribution in [3.05, 3.63) is 91.0 Å². The Bertz CT molecular complexity index is 1370. The topological polar surface area (TPSA) is 92.7 Å². The van der Waals surface area contributed by atoms with Crippen LogP contribution >= 0.6 is 10.3 Å². The monoisotopic (exact) mass is 601 g/mol. The summed E-state index contributed by atoms with van der Waals surface area (Å²) in [5.74, 6) is 0.442. The van der Waals surface area contributed by atoms with Gasteiger partial charge in [0.05, 0.1) is 0 Å². The summed E-state index contributed by atoms with van der Waals surface area (Å²) < 4.78 is 68.1. The second-order valence-electron chi connectivity index (χ2n) is 11.8. The third-order valence-electron chi connectivity index (χ3n) is 8.96. The van der Waals surface area contributed by atoms with Gasteiger partial charge in [0.25, 0.3) is 10.1 Å². The molecule has 0 heterocycles. The first-order valence-electron chi connectivity index (χ1n) is 13.9. The molecule has 0 aliphatic heterocycles. The summed E-state index contributed by atoms with van der Waals surface area (Å²) in [6.45, 7) is 0. The number of nitrogens with one attached hydrogen (secondary N) is 1. The molecule has 6 nitrogen and oxygen atoms in total. The minimum absolute atomic E-state index is 0.147. The summed E-state index contributed by atoms with van der Waals surface area (Å²) in [5, 5.41) is 8.30. The van der Waals surface area contributed by atoms with E-state index in [0.29, 0.717) is 33.9 Å². The van der Waals surface area contributed by atoms with Gasteiger partial charge in [-0.15, -0.1) is 0 Å². The number of halogens is 2. The average Bonchev–Trinajstić information content (AvgIpc) is 2.91. The summed E-state index contributed by atoms with van der Waals surface area (Å²) in [5.41, 5.74) is -1.30. The average molecular weight is 602 g/mol. The molecule has 1 unspecified atom stereocenters. The first-order valence-corrected chi connectivity index (χ1v) is 16.9. The summed E-state index contributed by atoms with van der Waals surface area (Å²) in [7, 11) is -8.22. The maximum atomic E-state index is 16.2. The Morgan fingerprint density at radius 3 is 1.49 bits per heavy atom. The number of benzene rings is 3. The standard InChI is InChI=1S/C31H33F2NO5S2/c32-31(33,34-29(35)36)28(30-19-22-16-23(20-30)18-24(17-22)21-30)41(37,38)39-40(25-10-4-1-5-11-25,26-12-6-2-7-13-26)27-14-8-3-9-15-27/h1-15,22-24,28,34H,16-21H2,(H,35,36). The molecule has 4 fully saturated rings. The first-order chi connectivity index (χ1) is 19.5. The van der Waals surface area contributed by atoms with E-state index < -0.39 is 43.2 Å². The number of rotatable bonds is 9. The molecule has 10 heteroatoms. The number of carbonyl (C=O) groups is 1. The third-order valence-corrected chi connectivity index (χ3v) is 14.7. The molecule has 0 radical (unpaired) electrons. The van der Waals surface area contributed by atoms with Gasteiger partial charge in [-0.05, 0) is 108 Å². The number of carboxylic acid groups (broad SMARTS) is 1. The molecule has 4 bridgehead atoms. The molecule has 218 valence electrons. The fourth-order valence-corrected chi connectivity index (χ4v) is 14.3. The van der Waals surface area contributed by atoms with Crippen LogP contribution in [0.25, 0.3) is 0 Å². The van der Waals surface area contributed by atoms with Crippen molar-refractivity contribution in [3.8, 4) is 0 Å². The van der Waals surface area contributed by atoms with Crippen LogP contribution in [0.3, 0.4) is 0 Å². The Labute approximate surface area is 240 Å². The van der Waals surface area contributed by atoms with Gasteiger partial charge in [-0.2, -0.15) is 17.2 Å². The molecule has 4 saturated carbocycles. The number of hydrogen-bond acceptors (Lipinski definition) is 4. The van der Waals surface area contributed by atoms with Crippen LogP contribution in [0, 0.1) is 23.2 Å². The van der Waals surface area contributed by atoms with E-state index in [1.165, 1.54) is 5.32 Å². The van der Waals surface area contributed by atoms with E-state index in [1.807, 2.05) is 0 Å². The predicted molar refractivity (Wildman–Crippen MR) is 152 cm³/mol. The van der Waals surface area contributed by atoms with Gasteiger partial charge in [-0.25, -0.2) is 8.42 Å². The van der Waals surface area contributed by atoms with Crippen molar-refractivity contribution < 1.29 is 30.7 Å². The van der Waals surface area contributed by atoms with Crippen LogP contribution in [0.1, 0.15) is 38.5 Å². The predicted octanol–water partition coefficient (Wildman–Crippen LogP) is 7.68. The molecule has 4 aliphatic rings. The lowest BCUT2D eigenvalue weighted by Gasteiger charge is -2.59. The van der Waals surface area contributed by atoms with E-state index in [2.05, 4.69) is 0 Å². The van der Waals surface area contributed by atoms with Gasteiger partial charge in [0.15, 0.2) is 5.25 Å². The van der Waals surface area contributed by atoms with Crippen molar-refractivity contribution in [1.82, 2.24) is 5.32 Å². The second kappa shape index (κ2) is 10.4. The summed E-state index contributed by atoms with van der Waals surface area (Å²) in [6, 6.07) is 22.2. The molecule has 1 amide bonds. The summed E-state index contributed by atoms with van der Waals surface area (Å²) in [6.07, 6.45) is 1.66. The van der Waals surface area contributed by atoms with E-state index in [-0.39, 0.29) is 17.8 Å².